The Labute approximate surface area is 252 Å². The Morgan fingerprint density at radius 1 is 0.930 bits per heavy atom. The van der Waals surface area contributed by atoms with Crippen LogP contribution in [0, 0.1) is 0 Å². The molecule has 0 spiro atoms. The number of aliphatic hydroxyl groups excluding tert-OH is 1. The molecule has 3 aromatic carbocycles. The molecular weight excluding hydrogens is 551 g/mol. The number of nitrogens with zero attached hydrogens (tertiary/aromatic N) is 1. The van der Waals surface area contributed by atoms with Crippen LogP contribution in [0.3, 0.4) is 0 Å². The van der Waals surface area contributed by atoms with Crippen molar-refractivity contribution in [1.82, 2.24) is 15.5 Å². The maximum atomic E-state index is 13.2. The Bertz CT molecular complexity index is 1290. The Morgan fingerprint density at radius 3 is 2.16 bits per heavy atom. The molecule has 1 atom stereocenters. The highest BCUT2D eigenvalue weighted by Crippen LogP contribution is 2.54. The number of alkyl halides is 3. The predicted molar refractivity (Wildman–Crippen MR) is 165 cm³/mol. The van der Waals surface area contributed by atoms with Crippen molar-refractivity contribution in [2.45, 2.75) is 62.4 Å². The van der Waals surface area contributed by atoms with Gasteiger partial charge in [-0.25, -0.2) is 0 Å². The Balaban J connectivity index is 1.12. The van der Waals surface area contributed by atoms with Crippen LogP contribution < -0.4 is 15.4 Å². The summed E-state index contributed by atoms with van der Waals surface area (Å²) in [7, 11) is 0. The average Bonchev–Trinajstić information content (AvgIpc) is 3.30. The number of ether oxygens (including phenoxy) is 1. The summed E-state index contributed by atoms with van der Waals surface area (Å²) in [6.07, 6.45) is -0.0170. The first-order valence-corrected chi connectivity index (χ1v) is 15.3. The van der Waals surface area contributed by atoms with Gasteiger partial charge in [-0.15, -0.1) is 0 Å². The number of unbranched alkanes of at least 4 members (excludes halogenated alkanes) is 1. The normalized spacial score (nSPS) is 17.2. The maximum absolute atomic E-state index is 13.2. The minimum Gasteiger partial charge on any atom is -0.493 e. The molecular formula is C35H42F3N3O2. The number of likely N-dealkylation sites (tertiary alicyclic amines) is 1. The second-order valence-corrected chi connectivity index (χ2v) is 11.6. The zero-order valence-corrected chi connectivity index (χ0v) is 24.6. The van der Waals surface area contributed by atoms with E-state index < -0.39 is 24.4 Å². The smallest absolute Gasteiger partial charge is 0.405 e. The Kier molecular flexibility index (Phi) is 10.1. The highest BCUT2D eigenvalue weighted by Gasteiger charge is 2.45. The quantitative estimate of drug-likeness (QED) is 0.145. The van der Waals surface area contributed by atoms with Gasteiger partial charge in [0.05, 0.1) is 12.0 Å². The van der Waals surface area contributed by atoms with E-state index in [1.807, 2.05) is 66.7 Å². The number of halogens is 3. The molecule has 1 unspecified atom stereocenters. The lowest BCUT2D eigenvalue weighted by Gasteiger charge is -2.36. The van der Waals surface area contributed by atoms with Gasteiger partial charge in [0.25, 0.3) is 0 Å². The first-order valence-electron chi connectivity index (χ1n) is 15.3. The monoisotopic (exact) mass is 593 g/mol. The van der Waals surface area contributed by atoms with Gasteiger partial charge in [-0.3, -0.25) is 5.32 Å². The number of nitrogens with one attached hydrogen (secondary N) is 2. The second-order valence-electron chi connectivity index (χ2n) is 11.6. The molecule has 0 saturated carbocycles. The van der Waals surface area contributed by atoms with Crippen LogP contribution in [-0.2, 0) is 5.41 Å². The summed E-state index contributed by atoms with van der Waals surface area (Å²) in [5.74, 6) is 0.803. The van der Waals surface area contributed by atoms with Crippen molar-refractivity contribution in [1.29, 1.82) is 0 Å². The summed E-state index contributed by atoms with van der Waals surface area (Å²) in [4.78, 5) is 2.45. The van der Waals surface area contributed by atoms with Gasteiger partial charge >= 0.3 is 6.18 Å². The Morgan fingerprint density at radius 2 is 1.53 bits per heavy atom. The predicted octanol–water partition coefficient (Wildman–Crippen LogP) is 6.63. The fourth-order valence-electron chi connectivity index (χ4n) is 6.64. The number of piperidine rings is 1. The van der Waals surface area contributed by atoms with Crippen molar-refractivity contribution in [2.24, 2.45) is 0 Å². The van der Waals surface area contributed by atoms with Crippen LogP contribution in [-0.4, -0.2) is 61.2 Å². The third-order valence-corrected chi connectivity index (χ3v) is 8.78. The van der Waals surface area contributed by atoms with Gasteiger partial charge in [0.2, 0.25) is 0 Å². The van der Waals surface area contributed by atoms with Crippen molar-refractivity contribution in [3.63, 3.8) is 0 Å². The molecule has 0 aromatic heterocycles. The molecule has 3 aromatic rings. The van der Waals surface area contributed by atoms with E-state index in [2.05, 4.69) is 34.2 Å². The van der Waals surface area contributed by atoms with Crippen LogP contribution >= 0.6 is 0 Å². The number of rotatable bonds is 14. The summed E-state index contributed by atoms with van der Waals surface area (Å²) in [6, 6.07) is 25.9. The van der Waals surface area contributed by atoms with Crippen molar-refractivity contribution in [2.75, 3.05) is 32.8 Å². The third-order valence-electron chi connectivity index (χ3n) is 8.78. The van der Waals surface area contributed by atoms with E-state index in [0.717, 1.165) is 73.3 Å². The number of benzene rings is 3. The highest BCUT2D eigenvalue weighted by molar-refractivity contribution is 5.82. The molecule has 230 valence electrons. The molecule has 5 rings (SSSR count). The fourth-order valence-corrected chi connectivity index (χ4v) is 6.64. The zero-order chi connectivity index (χ0) is 30.3. The first-order chi connectivity index (χ1) is 20.8. The number of para-hydroxylation sites is 1. The number of hydrogen-bond donors (Lipinski definition) is 3. The lowest BCUT2D eigenvalue weighted by molar-refractivity contribution is -0.123. The topological polar surface area (TPSA) is 56.8 Å². The largest absolute Gasteiger partial charge is 0.493 e. The van der Waals surface area contributed by atoms with Gasteiger partial charge in [0, 0.05) is 18.2 Å². The molecule has 1 heterocycles. The van der Waals surface area contributed by atoms with Crippen LogP contribution in [0.25, 0.3) is 11.1 Å². The molecule has 2 aliphatic rings. The van der Waals surface area contributed by atoms with Crippen LogP contribution in [0.5, 0.6) is 5.75 Å². The second kappa shape index (κ2) is 14.0. The van der Waals surface area contributed by atoms with Crippen molar-refractivity contribution in [3.05, 3.63) is 102 Å². The molecule has 1 aliphatic carbocycles. The van der Waals surface area contributed by atoms with Crippen molar-refractivity contribution >= 4 is 0 Å². The van der Waals surface area contributed by atoms with Crippen LogP contribution in [0.4, 0.5) is 13.2 Å². The highest BCUT2D eigenvalue weighted by atomic mass is 19.4. The number of fused-ring (bicyclic) bond motifs is 3. The van der Waals surface area contributed by atoms with Gasteiger partial charge in [-0.2, -0.15) is 13.2 Å². The molecule has 43 heavy (non-hydrogen) atoms. The zero-order valence-electron chi connectivity index (χ0n) is 24.6. The van der Waals surface area contributed by atoms with E-state index in [9.17, 15) is 18.3 Å². The SMILES string of the molecule is C=C(NCC(F)(F)F)C1(CCCCN2CCC(NC(O)CCOc3ccccc3)CC2)c2ccccc2-c2ccccc21. The molecule has 5 nitrogen and oxygen atoms in total. The molecule has 1 saturated heterocycles. The van der Waals surface area contributed by atoms with E-state index in [1.54, 1.807) is 0 Å². The van der Waals surface area contributed by atoms with E-state index in [0.29, 0.717) is 25.1 Å². The maximum Gasteiger partial charge on any atom is 0.405 e. The van der Waals surface area contributed by atoms with E-state index in [-0.39, 0.29) is 6.04 Å². The van der Waals surface area contributed by atoms with Gasteiger partial charge in [-0.05, 0) is 79.7 Å². The van der Waals surface area contributed by atoms with Crippen LogP contribution in [0.1, 0.15) is 49.7 Å². The van der Waals surface area contributed by atoms with E-state index in [4.69, 9.17) is 4.74 Å². The summed E-state index contributed by atoms with van der Waals surface area (Å²) < 4.78 is 45.3. The molecule has 0 bridgehead atoms. The fraction of sp³-hybridized carbons (Fsp3) is 0.429. The molecule has 0 amide bonds. The lowest BCUT2D eigenvalue weighted by Crippen LogP contribution is -2.46. The number of allylic oxidation sites excluding steroid dienone is 1. The van der Waals surface area contributed by atoms with Gasteiger partial charge in [0.15, 0.2) is 0 Å². The minimum absolute atomic E-state index is 0.265. The standard InChI is InChI=1S/C35H42F3N3O2/c1-26(39-25-35(36,37)38)34(31-15-7-5-13-29(31)30-14-6-8-16-32(30)34)20-9-10-21-41-22-17-27(18-23-41)40-33(42)19-24-43-28-11-3-2-4-12-28/h2-8,11-16,27,33,39-40,42H,1,9-10,17-25H2. The van der Waals surface area contributed by atoms with Crippen molar-refractivity contribution < 1.29 is 23.0 Å². The molecule has 8 heteroatoms. The number of aliphatic hydroxyl groups is 1. The van der Waals surface area contributed by atoms with Gasteiger partial charge in [-0.1, -0.05) is 79.7 Å². The van der Waals surface area contributed by atoms with E-state index in [1.165, 1.54) is 0 Å². The van der Waals surface area contributed by atoms with Crippen molar-refractivity contribution in [3.8, 4) is 16.9 Å². The average molecular weight is 594 g/mol. The van der Waals surface area contributed by atoms with Crippen LogP contribution in [0.15, 0.2) is 91.1 Å². The molecule has 0 radical (unpaired) electrons. The number of hydrogen-bond acceptors (Lipinski definition) is 5. The van der Waals surface area contributed by atoms with E-state index >= 15 is 0 Å². The molecule has 3 N–H and O–H groups in total. The minimum atomic E-state index is -4.32. The summed E-state index contributed by atoms with van der Waals surface area (Å²) in [5, 5.41) is 16.4. The molecule has 1 aliphatic heterocycles. The van der Waals surface area contributed by atoms with Gasteiger partial charge < -0.3 is 20.1 Å². The summed E-state index contributed by atoms with van der Waals surface area (Å²) >= 11 is 0. The van der Waals surface area contributed by atoms with Crippen LogP contribution in [0.2, 0.25) is 0 Å². The summed E-state index contributed by atoms with van der Waals surface area (Å²) in [6.45, 7) is 6.36. The van der Waals surface area contributed by atoms with Gasteiger partial charge in [0.1, 0.15) is 18.5 Å². The third kappa shape index (κ3) is 7.61. The Hall–Kier alpha value is -3.33. The lowest BCUT2D eigenvalue weighted by atomic mass is 9.72. The molecule has 1 fully saturated rings. The summed E-state index contributed by atoms with van der Waals surface area (Å²) in [5.41, 5.74) is 3.87. The first kappa shape index (κ1) is 31.1.